The van der Waals surface area contributed by atoms with Crippen LogP contribution in [0.2, 0.25) is 10.0 Å². The van der Waals surface area contributed by atoms with E-state index in [1.807, 2.05) is 26.8 Å². The second-order valence-electron chi connectivity index (χ2n) is 17.0. The summed E-state index contributed by atoms with van der Waals surface area (Å²) < 4.78 is 6.16. The number of aromatic hydroxyl groups is 1. The first-order chi connectivity index (χ1) is 28.9. The number of anilines is 1. The number of piperazine rings is 2. The van der Waals surface area contributed by atoms with Crippen molar-refractivity contribution in [1.29, 1.82) is 0 Å². The van der Waals surface area contributed by atoms with Crippen LogP contribution < -0.4 is 10.1 Å². The van der Waals surface area contributed by atoms with Crippen LogP contribution in [0.3, 0.4) is 0 Å². The van der Waals surface area contributed by atoms with Gasteiger partial charge in [0.25, 0.3) is 0 Å². The molecule has 13 nitrogen and oxygen atoms in total. The fourth-order valence-corrected chi connectivity index (χ4v) is 10.3. The van der Waals surface area contributed by atoms with Gasteiger partial charge in [0.05, 0.1) is 22.9 Å². The van der Waals surface area contributed by atoms with E-state index in [0.29, 0.717) is 91.7 Å². The van der Waals surface area contributed by atoms with Gasteiger partial charge in [-0.2, -0.15) is 0 Å². The van der Waals surface area contributed by atoms with Crippen LogP contribution in [0, 0.1) is 0 Å². The number of benzene rings is 2. The molecular weight excluding hydrogens is 825 g/mol. The normalized spacial score (nSPS) is 21.8. The first kappa shape index (κ1) is 42.7. The zero-order valence-electron chi connectivity index (χ0n) is 34.2. The standard InChI is InChI=1S/C44H55Cl2N7O6S/c1-3-41(55)51-23-31(24-51)48-10-12-49(13-11-48)44(58)27-60-40-18-34(30-8-9-30)36(46)20-39(40)59-16-4-5-42(56)52-25-32(26-52)53-15-14-50(22-28(53)2)43(57)21-47-37-17-33(29-6-7-29)35(45)19-38(37)54/h3-5,17-20,28-32,47,54H,1,6-16,21-27H2,2H3/b5-4-. The molecule has 322 valence electrons. The number of thioether (sulfide) groups is 1. The van der Waals surface area contributed by atoms with E-state index in [1.54, 1.807) is 23.1 Å². The summed E-state index contributed by atoms with van der Waals surface area (Å²) in [5, 5.41) is 14.7. The third-order valence-corrected chi connectivity index (χ3v) is 14.5. The number of rotatable bonds is 15. The summed E-state index contributed by atoms with van der Waals surface area (Å²) in [6.07, 6.45) is 9.02. The molecule has 1 unspecified atom stereocenters. The number of halogens is 2. The number of hydrogen-bond acceptors (Lipinski definition) is 10. The van der Waals surface area contributed by atoms with Crippen molar-refractivity contribution >= 4 is 64.3 Å². The van der Waals surface area contributed by atoms with Gasteiger partial charge in [0, 0.05) is 118 Å². The number of carbonyl (C=O) groups excluding carboxylic acids is 4. The van der Waals surface area contributed by atoms with E-state index >= 15 is 0 Å². The lowest BCUT2D eigenvalue weighted by Gasteiger charge is -2.50. The van der Waals surface area contributed by atoms with Crippen molar-refractivity contribution in [3.63, 3.8) is 0 Å². The van der Waals surface area contributed by atoms with Crippen LogP contribution in [0.4, 0.5) is 5.69 Å². The van der Waals surface area contributed by atoms with Crippen LogP contribution in [-0.4, -0.2) is 167 Å². The summed E-state index contributed by atoms with van der Waals surface area (Å²) in [4.78, 5) is 64.4. The number of likely N-dealkylation sites (tertiary alicyclic amines) is 2. The molecule has 6 aliphatic rings. The summed E-state index contributed by atoms with van der Waals surface area (Å²) in [5.41, 5.74) is 2.64. The summed E-state index contributed by atoms with van der Waals surface area (Å²) in [6.45, 7) is 13.5. The van der Waals surface area contributed by atoms with Gasteiger partial charge in [-0.05, 0) is 79.9 Å². The first-order valence-corrected chi connectivity index (χ1v) is 23.0. The van der Waals surface area contributed by atoms with Crippen LogP contribution in [0.15, 0.2) is 54.0 Å². The molecular formula is C44H55Cl2N7O6S. The van der Waals surface area contributed by atoms with Gasteiger partial charge in [-0.1, -0.05) is 29.8 Å². The van der Waals surface area contributed by atoms with E-state index in [2.05, 4.69) is 34.7 Å². The van der Waals surface area contributed by atoms with Crippen molar-refractivity contribution in [2.75, 3.05) is 96.2 Å². The Labute approximate surface area is 366 Å². The average Bonchev–Trinajstić information content (AvgIpc) is 4.14. The van der Waals surface area contributed by atoms with Gasteiger partial charge in [-0.25, -0.2) is 0 Å². The largest absolute Gasteiger partial charge is 0.506 e. The van der Waals surface area contributed by atoms with Crippen LogP contribution in [-0.2, 0) is 19.2 Å². The highest BCUT2D eigenvalue weighted by Gasteiger charge is 2.39. The Kier molecular flexibility index (Phi) is 13.2. The molecule has 2 aliphatic carbocycles. The number of nitrogens with one attached hydrogen (secondary N) is 1. The molecule has 4 amide bonds. The minimum absolute atomic E-state index is 0.0197. The minimum Gasteiger partial charge on any atom is -0.506 e. The van der Waals surface area contributed by atoms with E-state index in [0.717, 1.165) is 61.3 Å². The first-order valence-electron chi connectivity index (χ1n) is 21.2. The van der Waals surface area contributed by atoms with Crippen LogP contribution >= 0.6 is 35.0 Å². The molecule has 0 aromatic heterocycles. The number of amides is 4. The quantitative estimate of drug-likeness (QED) is 0.145. The smallest absolute Gasteiger partial charge is 0.246 e. The fourth-order valence-electron chi connectivity index (χ4n) is 8.74. The van der Waals surface area contributed by atoms with Crippen molar-refractivity contribution in [2.24, 2.45) is 0 Å². The predicted molar refractivity (Wildman–Crippen MR) is 234 cm³/mol. The van der Waals surface area contributed by atoms with E-state index in [1.165, 1.54) is 17.8 Å². The van der Waals surface area contributed by atoms with Gasteiger partial charge in [-0.3, -0.25) is 29.0 Å². The highest BCUT2D eigenvalue weighted by Crippen LogP contribution is 2.47. The number of ether oxygens (including phenoxy) is 1. The third kappa shape index (κ3) is 9.88. The van der Waals surface area contributed by atoms with E-state index < -0.39 is 0 Å². The van der Waals surface area contributed by atoms with Crippen molar-refractivity contribution in [3.8, 4) is 11.5 Å². The monoisotopic (exact) mass is 879 g/mol. The molecule has 2 saturated carbocycles. The number of phenols is 1. The molecule has 2 aromatic carbocycles. The van der Waals surface area contributed by atoms with E-state index in [9.17, 15) is 24.3 Å². The highest BCUT2D eigenvalue weighted by molar-refractivity contribution is 8.00. The topological polar surface area (TPSA) is 129 Å². The maximum absolute atomic E-state index is 13.3. The Bertz CT molecular complexity index is 2010. The third-order valence-electron chi connectivity index (χ3n) is 12.8. The molecule has 0 spiro atoms. The molecule has 2 N–H and O–H groups in total. The molecule has 6 fully saturated rings. The van der Waals surface area contributed by atoms with Crippen LogP contribution in [0.5, 0.6) is 11.5 Å². The summed E-state index contributed by atoms with van der Waals surface area (Å²) in [7, 11) is 0. The minimum atomic E-state index is -0.0695. The molecule has 4 saturated heterocycles. The van der Waals surface area contributed by atoms with Crippen molar-refractivity contribution in [1.82, 2.24) is 29.4 Å². The van der Waals surface area contributed by atoms with Gasteiger partial charge < -0.3 is 34.8 Å². The van der Waals surface area contributed by atoms with Crippen molar-refractivity contribution in [3.05, 3.63) is 70.2 Å². The van der Waals surface area contributed by atoms with E-state index in [4.69, 9.17) is 27.9 Å². The number of hydrogen-bond donors (Lipinski definition) is 2. The highest BCUT2D eigenvalue weighted by atomic mass is 35.5. The van der Waals surface area contributed by atoms with E-state index in [-0.39, 0.29) is 60.4 Å². The Morgan fingerprint density at radius 1 is 0.800 bits per heavy atom. The lowest BCUT2D eigenvalue weighted by Crippen LogP contribution is -2.67. The lowest BCUT2D eigenvalue weighted by molar-refractivity contribution is -0.138. The summed E-state index contributed by atoms with van der Waals surface area (Å²) in [5.74, 6) is 1.76. The van der Waals surface area contributed by atoms with Crippen LogP contribution in [0.25, 0.3) is 0 Å². The van der Waals surface area contributed by atoms with Gasteiger partial charge >= 0.3 is 0 Å². The molecule has 16 heteroatoms. The van der Waals surface area contributed by atoms with Gasteiger partial charge in [-0.15, -0.1) is 11.8 Å². The Balaban J connectivity index is 0.759. The Morgan fingerprint density at radius 3 is 2.10 bits per heavy atom. The van der Waals surface area contributed by atoms with Crippen molar-refractivity contribution in [2.45, 2.75) is 67.5 Å². The molecule has 1 atom stereocenters. The fraction of sp³-hybridized carbons (Fsp3) is 0.545. The maximum atomic E-state index is 13.3. The molecule has 2 aromatic rings. The van der Waals surface area contributed by atoms with Gasteiger partial charge in [0.1, 0.15) is 18.1 Å². The lowest BCUT2D eigenvalue weighted by atomic mass is 10.0. The van der Waals surface area contributed by atoms with Crippen LogP contribution in [0.1, 0.15) is 55.6 Å². The Hall–Kier alpha value is -3.95. The van der Waals surface area contributed by atoms with Gasteiger partial charge in [0.15, 0.2) is 0 Å². The average molecular weight is 881 g/mol. The molecule has 0 radical (unpaired) electrons. The Morgan fingerprint density at radius 2 is 1.43 bits per heavy atom. The number of phenolic OH excluding ortho intramolecular Hbond substituents is 1. The van der Waals surface area contributed by atoms with Gasteiger partial charge in [0.2, 0.25) is 23.6 Å². The molecule has 4 heterocycles. The predicted octanol–water partition coefficient (Wildman–Crippen LogP) is 4.88. The summed E-state index contributed by atoms with van der Waals surface area (Å²) >= 11 is 14.5. The number of nitrogens with zero attached hydrogens (tertiary/aromatic N) is 6. The second-order valence-corrected chi connectivity index (χ2v) is 18.8. The SMILES string of the molecule is C=CC(=O)N1CC(N2CCN(C(=O)CSc3cc(C4CC4)c(Cl)cc3OC/C=C\C(=O)N3CC(N4CCN(C(=O)CNc5cc(C6CC6)c(Cl)cc5O)CC4C)C3)CC2)C1. The molecule has 0 bridgehead atoms. The zero-order valence-corrected chi connectivity index (χ0v) is 36.5. The zero-order chi connectivity index (χ0) is 42.1. The molecule has 60 heavy (non-hydrogen) atoms. The maximum Gasteiger partial charge on any atom is 0.246 e. The van der Waals surface area contributed by atoms with Crippen molar-refractivity contribution < 1.29 is 29.0 Å². The molecule has 8 rings (SSSR count). The second kappa shape index (κ2) is 18.6. The summed E-state index contributed by atoms with van der Waals surface area (Å²) in [6, 6.07) is 8.05. The number of carbonyl (C=O) groups is 4. The molecule has 4 aliphatic heterocycles.